The van der Waals surface area contributed by atoms with Crippen molar-refractivity contribution < 1.29 is 14.3 Å². The van der Waals surface area contributed by atoms with Gasteiger partial charge in [-0.3, -0.25) is 4.79 Å². The molecule has 0 saturated carbocycles. The van der Waals surface area contributed by atoms with Crippen LogP contribution in [0.3, 0.4) is 0 Å². The summed E-state index contributed by atoms with van der Waals surface area (Å²) in [5, 5.41) is 3.62. The van der Waals surface area contributed by atoms with Gasteiger partial charge in [-0.2, -0.15) is 0 Å². The van der Waals surface area contributed by atoms with Crippen molar-refractivity contribution in [2.24, 2.45) is 0 Å². The maximum atomic E-state index is 11.8. The number of ether oxygens (including phenoxy) is 2. The molecular formula is C19H22ClNO3. The third-order valence-electron chi connectivity index (χ3n) is 3.60. The largest absolute Gasteiger partial charge is 0.497 e. The van der Waals surface area contributed by atoms with Crippen molar-refractivity contribution in [3.8, 4) is 11.5 Å². The van der Waals surface area contributed by atoms with Gasteiger partial charge in [0.05, 0.1) is 13.7 Å². The van der Waals surface area contributed by atoms with E-state index in [1.807, 2.05) is 49.4 Å². The fraction of sp³-hybridized carbons (Fsp3) is 0.316. The molecule has 24 heavy (non-hydrogen) atoms. The van der Waals surface area contributed by atoms with Gasteiger partial charge in [-0.25, -0.2) is 0 Å². The van der Waals surface area contributed by atoms with Crippen molar-refractivity contribution in [3.05, 3.63) is 58.6 Å². The van der Waals surface area contributed by atoms with E-state index in [2.05, 4.69) is 5.32 Å². The average molecular weight is 348 g/mol. The number of halogens is 1. The summed E-state index contributed by atoms with van der Waals surface area (Å²) in [5.41, 5.74) is 2.02. The van der Waals surface area contributed by atoms with Gasteiger partial charge in [-0.05, 0) is 54.8 Å². The number of methoxy groups -OCH3 is 1. The molecule has 1 N–H and O–H groups in total. The molecule has 0 fully saturated rings. The monoisotopic (exact) mass is 347 g/mol. The Kier molecular flexibility index (Phi) is 6.94. The van der Waals surface area contributed by atoms with Crippen molar-refractivity contribution in [2.75, 3.05) is 13.7 Å². The van der Waals surface area contributed by atoms with Crippen molar-refractivity contribution in [1.29, 1.82) is 0 Å². The first-order chi connectivity index (χ1) is 11.6. The summed E-state index contributed by atoms with van der Waals surface area (Å²) < 4.78 is 10.7. The van der Waals surface area contributed by atoms with E-state index < -0.39 is 0 Å². The Morgan fingerprint density at radius 1 is 1.12 bits per heavy atom. The second kappa shape index (κ2) is 9.18. The lowest BCUT2D eigenvalue weighted by atomic mass is 10.2. The Hall–Kier alpha value is -2.20. The van der Waals surface area contributed by atoms with E-state index in [-0.39, 0.29) is 5.91 Å². The van der Waals surface area contributed by atoms with E-state index in [1.54, 1.807) is 7.11 Å². The Morgan fingerprint density at radius 3 is 2.50 bits per heavy atom. The van der Waals surface area contributed by atoms with Gasteiger partial charge in [-0.15, -0.1) is 0 Å². The number of carbonyl (C=O) groups excluding carboxylic acids is 1. The topological polar surface area (TPSA) is 47.6 Å². The quantitative estimate of drug-likeness (QED) is 0.730. The summed E-state index contributed by atoms with van der Waals surface area (Å²) in [4.78, 5) is 11.8. The van der Waals surface area contributed by atoms with Crippen LogP contribution >= 0.6 is 11.6 Å². The first kappa shape index (κ1) is 18.1. The molecule has 2 rings (SSSR count). The van der Waals surface area contributed by atoms with E-state index in [0.29, 0.717) is 26.0 Å². The minimum Gasteiger partial charge on any atom is -0.497 e. The highest BCUT2D eigenvalue weighted by molar-refractivity contribution is 6.31. The van der Waals surface area contributed by atoms with Gasteiger partial charge in [0.2, 0.25) is 5.91 Å². The maximum Gasteiger partial charge on any atom is 0.220 e. The fourth-order valence-electron chi connectivity index (χ4n) is 2.16. The zero-order valence-electron chi connectivity index (χ0n) is 14.0. The lowest BCUT2D eigenvalue weighted by Gasteiger charge is -2.08. The van der Waals surface area contributed by atoms with E-state index in [1.165, 1.54) is 0 Å². The molecule has 0 radical (unpaired) electrons. The lowest BCUT2D eigenvalue weighted by Crippen LogP contribution is -2.22. The van der Waals surface area contributed by atoms with Crippen LogP contribution in [0.2, 0.25) is 5.02 Å². The number of rotatable bonds is 8. The van der Waals surface area contributed by atoms with Gasteiger partial charge in [0.25, 0.3) is 0 Å². The molecular weight excluding hydrogens is 326 g/mol. The number of benzene rings is 2. The van der Waals surface area contributed by atoms with Gasteiger partial charge >= 0.3 is 0 Å². The van der Waals surface area contributed by atoms with E-state index in [4.69, 9.17) is 21.1 Å². The van der Waals surface area contributed by atoms with E-state index in [0.717, 1.165) is 27.6 Å². The zero-order valence-corrected chi connectivity index (χ0v) is 14.7. The predicted molar refractivity (Wildman–Crippen MR) is 95.8 cm³/mol. The minimum absolute atomic E-state index is 0.0155. The van der Waals surface area contributed by atoms with Crippen LogP contribution in [0.5, 0.6) is 11.5 Å². The second-order valence-electron chi connectivity index (χ2n) is 5.49. The summed E-state index contributed by atoms with van der Waals surface area (Å²) >= 11 is 5.97. The van der Waals surface area contributed by atoms with Crippen LogP contribution in [0, 0.1) is 6.92 Å². The Labute approximate surface area is 147 Å². The van der Waals surface area contributed by atoms with Gasteiger partial charge in [-0.1, -0.05) is 23.7 Å². The molecule has 0 spiro atoms. The van der Waals surface area contributed by atoms with Crippen LogP contribution in [0.15, 0.2) is 42.5 Å². The molecule has 2 aromatic carbocycles. The highest BCUT2D eigenvalue weighted by atomic mass is 35.5. The first-order valence-corrected chi connectivity index (χ1v) is 8.25. The van der Waals surface area contributed by atoms with Crippen LogP contribution in [-0.4, -0.2) is 19.6 Å². The molecule has 0 aliphatic heterocycles. The van der Waals surface area contributed by atoms with E-state index >= 15 is 0 Å². The highest BCUT2D eigenvalue weighted by Crippen LogP contribution is 2.21. The number of aryl methyl sites for hydroxylation is 1. The number of amides is 1. The smallest absolute Gasteiger partial charge is 0.220 e. The lowest BCUT2D eigenvalue weighted by molar-refractivity contribution is -0.121. The number of nitrogens with one attached hydrogen (secondary N) is 1. The Bertz CT molecular complexity index is 671. The molecule has 0 bridgehead atoms. The first-order valence-electron chi connectivity index (χ1n) is 7.87. The molecule has 0 aromatic heterocycles. The average Bonchev–Trinajstić information content (AvgIpc) is 2.60. The summed E-state index contributed by atoms with van der Waals surface area (Å²) in [6.45, 7) is 2.94. The second-order valence-corrected chi connectivity index (χ2v) is 5.90. The van der Waals surface area contributed by atoms with Crippen LogP contribution in [0.4, 0.5) is 0 Å². The number of hydrogen-bond acceptors (Lipinski definition) is 3. The number of carbonyl (C=O) groups is 1. The Morgan fingerprint density at radius 2 is 1.83 bits per heavy atom. The van der Waals surface area contributed by atoms with Gasteiger partial charge in [0.15, 0.2) is 0 Å². The normalized spacial score (nSPS) is 10.3. The van der Waals surface area contributed by atoms with Crippen molar-refractivity contribution in [1.82, 2.24) is 5.32 Å². The predicted octanol–water partition coefficient (Wildman–Crippen LogP) is 4.13. The molecule has 0 saturated heterocycles. The minimum atomic E-state index is 0.0155. The van der Waals surface area contributed by atoms with Gasteiger partial charge in [0, 0.05) is 18.0 Å². The van der Waals surface area contributed by atoms with Crippen LogP contribution < -0.4 is 14.8 Å². The van der Waals surface area contributed by atoms with Crippen LogP contribution in [0.1, 0.15) is 24.0 Å². The Balaban J connectivity index is 1.64. The zero-order chi connectivity index (χ0) is 17.4. The molecule has 0 aliphatic carbocycles. The summed E-state index contributed by atoms with van der Waals surface area (Å²) in [7, 11) is 1.63. The number of hydrogen-bond donors (Lipinski definition) is 1. The summed E-state index contributed by atoms with van der Waals surface area (Å²) in [6, 6.07) is 13.2. The third-order valence-corrected chi connectivity index (χ3v) is 4.02. The van der Waals surface area contributed by atoms with Crippen LogP contribution in [-0.2, 0) is 11.3 Å². The molecule has 4 nitrogen and oxygen atoms in total. The molecule has 2 aromatic rings. The summed E-state index contributed by atoms with van der Waals surface area (Å²) in [6.07, 6.45) is 1.10. The van der Waals surface area contributed by atoms with Gasteiger partial charge in [0.1, 0.15) is 11.5 Å². The van der Waals surface area contributed by atoms with Crippen molar-refractivity contribution in [2.45, 2.75) is 26.3 Å². The summed E-state index contributed by atoms with van der Waals surface area (Å²) in [5.74, 6) is 1.59. The molecule has 0 atom stereocenters. The molecule has 5 heteroatoms. The molecule has 0 unspecified atom stereocenters. The SMILES string of the molecule is COc1ccc(CNC(=O)CCCOc2ccc(Cl)c(C)c2)cc1. The fourth-order valence-corrected chi connectivity index (χ4v) is 2.28. The van der Waals surface area contributed by atoms with Crippen molar-refractivity contribution in [3.63, 3.8) is 0 Å². The molecule has 1 amide bonds. The van der Waals surface area contributed by atoms with Gasteiger partial charge < -0.3 is 14.8 Å². The standard InChI is InChI=1S/C19H22ClNO3/c1-14-12-17(9-10-18(14)20)24-11-3-4-19(22)21-13-15-5-7-16(23-2)8-6-15/h5-10,12H,3-4,11,13H2,1-2H3,(H,21,22). The highest BCUT2D eigenvalue weighted by Gasteiger charge is 2.03. The van der Waals surface area contributed by atoms with E-state index in [9.17, 15) is 4.79 Å². The van der Waals surface area contributed by atoms with Crippen molar-refractivity contribution >= 4 is 17.5 Å². The molecule has 128 valence electrons. The van der Waals surface area contributed by atoms with Crippen LogP contribution in [0.25, 0.3) is 0 Å². The maximum absolute atomic E-state index is 11.8. The molecule has 0 aliphatic rings. The third kappa shape index (κ3) is 5.78. The molecule has 0 heterocycles.